The van der Waals surface area contributed by atoms with E-state index in [2.05, 4.69) is 11.9 Å². The quantitative estimate of drug-likeness (QED) is 0.785. The molecule has 1 aliphatic carbocycles. The number of benzene rings is 1. The first-order chi connectivity index (χ1) is 11.5. The molecule has 2 amide bonds. The predicted octanol–water partition coefficient (Wildman–Crippen LogP) is 3.42. The fraction of sp³-hybridized carbons (Fsp3) is 0.474. The molecule has 0 aromatic heterocycles. The molecule has 1 saturated carbocycles. The number of hydrogen-bond donors (Lipinski definition) is 2. The number of carboxylic acid groups (broad SMARTS) is 1. The van der Waals surface area contributed by atoms with Crippen molar-refractivity contribution < 1.29 is 14.7 Å². The normalized spacial score (nSPS) is 20.2. The van der Waals surface area contributed by atoms with Crippen LogP contribution in [-0.2, 0) is 11.3 Å². The lowest BCUT2D eigenvalue weighted by Crippen LogP contribution is -2.46. The highest BCUT2D eigenvalue weighted by Gasteiger charge is 2.27. The van der Waals surface area contributed by atoms with Gasteiger partial charge < -0.3 is 15.3 Å². The van der Waals surface area contributed by atoms with Gasteiger partial charge in [-0.05, 0) is 38.2 Å². The summed E-state index contributed by atoms with van der Waals surface area (Å²) in [7, 11) is 0. The molecule has 0 atom stereocenters. The smallest absolute Gasteiger partial charge is 0.318 e. The summed E-state index contributed by atoms with van der Waals surface area (Å²) in [6.07, 6.45) is 2.68. The highest BCUT2D eigenvalue weighted by Crippen LogP contribution is 2.24. The van der Waals surface area contributed by atoms with Gasteiger partial charge in [-0.25, -0.2) is 4.79 Å². The van der Waals surface area contributed by atoms with Gasteiger partial charge in [-0.15, -0.1) is 0 Å². The second kappa shape index (κ2) is 8.52. The Morgan fingerprint density at radius 3 is 2.38 bits per heavy atom. The van der Waals surface area contributed by atoms with Crippen molar-refractivity contribution in [2.24, 2.45) is 5.92 Å². The zero-order valence-electron chi connectivity index (χ0n) is 14.2. The summed E-state index contributed by atoms with van der Waals surface area (Å²) in [4.78, 5) is 25.4. The maximum Gasteiger partial charge on any atom is 0.318 e. The zero-order valence-corrected chi connectivity index (χ0v) is 14.2. The zero-order chi connectivity index (χ0) is 17.5. The Morgan fingerprint density at radius 2 is 1.83 bits per heavy atom. The van der Waals surface area contributed by atoms with Crippen LogP contribution in [0.25, 0.3) is 0 Å². The summed E-state index contributed by atoms with van der Waals surface area (Å²) in [5.41, 5.74) is 2.00. The molecule has 1 aromatic rings. The number of nitrogens with zero attached hydrogens (tertiary/aromatic N) is 1. The van der Waals surface area contributed by atoms with Crippen molar-refractivity contribution >= 4 is 12.0 Å². The van der Waals surface area contributed by atoms with Crippen LogP contribution in [-0.4, -0.2) is 34.6 Å². The number of hydrogen-bond acceptors (Lipinski definition) is 2. The standard InChI is InChI=1S/C19H26N2O3/c1-14(2)12-21(13-15-6-4-3-5-7-15)19(24)20-17-10-8-16(9-11-17)18(22)23/h3-7,16-17H,1,8-13H2,2H3,(H,20,24)(H,22,23). The topological polar surface area (TPSA) is 69.6 Å². The number of urea groups is 1. The molecule has 1 aliphatic rings. The van der Waals surface area contributed by atoms with Crippen LogP contribution in [0.2, 0.25) is 0 Å². The van der Waals surface area contributed by atoms with Crippen molar-refractivity contribution in [3.63, 3.8) is 0 Å². The minimum atomic E-state index is -0.729. The third-order valence-electron chi connectivity index (χ3n) is 4.37. The van der Waals surface area contributed by atoms with Crippen LogP contribution >= 0.6 is 0 Å². The highest BCUT2D eigenvalue weighted by molar-refractivity contribution is 5.75. The first kappa shape index (κ1) is 18.0. The number of aliphatic carboxylic acids is 1. The molecule has 0 unspecified atom stereocenters. The molecule has 0 heterocycles. The Labute approximate surface area is 143 Å². The van der Waals surface area contributed by atoms with Crippen molar-refractivity contribution in [3.8, 4) is 0 Å². The maximum atomic E-state index is 12.6. The van der Waals surface area contributed by atoms with E-state index in [1.54, 1.807) is 4.90 Å². The summed E-state index contributed by atoms with van der Waals surface area (Å²) in [5.74, 6) is -0.998. The van der Waals surface area contributed by atoms with E-state index in [1.807, 2.05) is 37.3 Å². The molecule has 0 spiro atoms. The first-order valence-electron chi connectivity index (χ1n) is 8.42. The second-order valence-electron chi connectivity index (χ2n) is 6.64. The fourth-order valence-corrected chi connectivity index (χ4v) is 3.08. The molecule has 130 valence electrons. The average molecular weight is 330 g/mol. The third kappa shape index (κ3) is 5.41. The Hall–Kier alpha value is -2.30. The van der Waals surface area contributed by atoms with Crippen molar-refractivity contribution in [1.82, 2.24) is 10.2 Å². The summed E-state index contributed by atoms with van der Waals surface area (Å²) < 4.78 is 0. The van der Waals surface area contributed by atoms with E-state index in [4.69, 9.17) is 5.11 Å². The largest absolute Gasteiger partial charge is 0.481 e. The minimum absolute atomic E-state index is 0.0523. The lowest BCUT2D eigenvalue weighted by atomic mass is 9.86. The van der Waals surface area contributed by atoms with E-state index in [0.717, 1.165) is 24.0 Å². The average Bonchev–Trinajstić information content (AvgIpc) is 2.55. The van der Waals surface area contributed by atoms with E-state index < -0.39 is 5.97 Å². The molecular weight excluding hydrogens is 304 g/mol. The number of carbonyl (C=O) groups excluding carboxylic acids is 1. The van der Waals surface area contributed by atoms with Crippen LogP contribution in [0.1, 0.15) is 38.2 Å². The molecule has 5 nitrogen and oxygen atoms in total. The van der Waals surface area contributed by atoms with Gasteiger partial charge in [0.2, 0.25) is 0 Å². The summed E-state index contributed by atoms with van der Waals surface area (Å²) >= 11 is 0. The highest BCUT2D eigenvalue weighted by atomic mass is 16.4. The molecule has 0 aliphatic heterocycles. The molecular formula is C19H26N2O3. The third-order valence-corrected chi connectivity index (χ3v) is 4.37. The molecule has 0 radical (unpaired) electrons. The number of nitrogens with one attached hydrogen (secondary N) is 1. The van der Waals surface area contributed by atoms with Crippen LogP contribution in [0.4, 0.5) is 4.79 Å². The SMILES string of the molecule is C=C(C)CN(Cc1ccccc1)C(=O)NC1CCC(C(=O)O)CC1. The van der Waals surface area contributed by atoms with E-state index >= 15 is 0 Å². The van der Waals surface area contributed by atoms with Crippen molar-refractivity contribution in [2.75, 3.05) is 6.54 Å². The summed E-state index contributed by atoms with van der Waals surface area (Å²) in [6.45, 7) is 6.85. The number of carboxylic acids is 1. The number of rotatable bonds is 6. The van der Waals surface area contributed by atoms with Crippen LogP contribution in [0, 0.1) is 5.92 Å². The van der Waals surface area contributed by atoms with Gasteiger partial charge in [0.05, 0.1) is 5.92 Å². The number of amides is 2. The molecule has 0 bridgehead atoms. The maximum absolute atomic E-state index is 12.6. The van der Waals surface area contributed by atoms with Crippen molar-refractivity contribution in [3.05, 3.63) is 48.0 Å². The van der Waals surface area contributed by atoms with Gasteiger partial charge in [-0.1, -0.05) is 42.5 Å². The summed E-state index contributed by atoms with van der Waals surface area (Å²) in [5, 5.41) is 12.1. The Balaban J connectivity index is 1.93. The van der Waals surface area contributed by atoms with E-state index in [0.29, 0.717) is 25.9 Å². The predicted molar refractivity (Wildman–Crippen MR) is 93.6 cm³/mol. The van der Waals surface area contributed by atoms with Gasteiger partial charge in [-0.2, -0.15) is 0 Å². The van der Waals surface area contributed by atoms with E-state index in [9.17, 15) is 9.59 Å². The van der Waals surface area contributed by atoms with Crippen LogP contribution in [0.15, 0.2) is 42.5 Å². The Bertz CT molecular complexity index is 578. The Morgan fingerprint density at radius 1 is 1.21 bits per heavy atom. The van der Waals surface area contributed by atoms with Crippen LogP contribution in [0.5, 0.6) is 0 Å². The van der Waals surface area contributed by atoms with Gasteiger partial charge in [-0.3, -0.25) is 4.79 Å². The summed E-state index contributed by atoms with van der Waals surface area (Å²) in [6, 6.07) is 9.80. The first-order valence-corrected chi connectivity index (χ1v) is 8.42. The van der Waals surface area contributed by atoms with Gasteiger partial charge in [0.25, 0.3) is 0 Å². The molecule has 1 fully saturated rings. The second-order valence-corrected chi connectivity index (χ2v) is 6.64. The van der Waals surface area contributed by atoms with E-state index in [1.165, 1.54) is 0 Å². The molecule has 5 heteroatoms. The van der Waals surface area contributed by atoms with Crippen LogP contribution in [0.3, 0.4) is 0 Å². The van der Waals surface area contributed by atoms with Gasteiger partial charge >= 0.3 is 12.0 Å². The molecule has 2 N–H and O–H groups in total. The van der Waals surface area contributed by atoms with Crippen molar-refractivity contribution in [1.29, 1.82) is 0 Å². The monoisotopic (exact) mass is 330 g/mol. The van der Waals surface area contributed by atoms with Gasteiger partial charge in [0, 0.05) is 19.1 Å². The lowest BCUT2D eigenvalue weighted by molar-refractivity contribution is -0.142. The number of carbonyl (C=O) groups is 2. The minimum Gasteiger partial charge on any atom is -0.481 e. The molecule has 2 rings (SSSR count). The van der Waals surface area contributed by atoms with Crippen LogP contribution < -0.4 is 5.32 Å². The molecule has 0 saturated heterocycles. The van der Waals surface area contributed by atoms with Gasteiger partial charge in [0.1, 0.15) is 0 Å². The Kier molecular flexibility index (Phi) is 6.41. The fourth-order valence-electron chi connectivity index (χ4n) is 3.08. The molecule has 1 aromatic carbocycles. The van der Waals surface area contributed by atoms with E-state index in [-0.39, 0.29) is 18.0 Å². The van der Waals surface area contributed by atoms with Crippen molar-refractivity contribution in [2.45, 2.75) is 45.2 Å². The lowest BCUT2D eigenvalue weighted by Gasteiger charge is -2.30. The molecule has 24 heavy (non-hydrogen) atoms. The van der Waals surface area contributed by atoms with Gasteiger partial charge in [0.15, 0.2) is 0 Å².